The molecular weight excluding hydrogens is 302 g/mol. The average molecular weight is 325 g/mol. The van der Waals surface area contributed by atoms with Crippen molar-refractivity contribution in [2.45, 2.75) is 13.8 Å². The second-order valence-corrected chi connectivity index (χ2v) is 6.13. The minimum absolute atomic E-state index is 0.0170. The van der Waals surface area contributed by atoms with E-state index < -0.39 is 0 Å². The molecule has 0 heterocycles. The van der Waals surface area contributed by atoms with Crippen molar-refractivity contribution in [2.75, 3.05) is 13.1 Å². The van der Waals surface area contributed by atoms with E-state index in [1.165, 1.54) is 0 Å². The molecule has 0 aliphatic carbocycles. The highest BCUT2D eigenvalue weighted by molar-refractivity contribution is 5.98. The molecule has 2 unspecified atom stereocenters. The topological polar surface area (TPSA) is 57.6 Å². The van der Waals surface area contributed by atoms with Gasteiger partial charge in [0.2, 0.25) is 0 Å². The van der Waals surface area contributed by atoms with E-state index in [2.05, 4.69) is 0 Å². The molecule has 0 spiro atoms. The lowest BCUT2D eigenvalue weighted by Crippen LogP contribution is -2.34. The van der Waals surface area contributed by atoms with Gasteiger partial charge in [0.1, 0.15) is 0 Å². The van der Waals surface area contributed by atoms with Crippen LogP contribution in [0.25, 0.3) is 0 Å². The molecule has 0 saturated carbocycles. The van der Waals surface area contributed by atoms with Gasteiger partial charge in [-0.25, -0.2) is 0 Å². The third-order valence-corrected chi connectivity index (χ3v) is 3.98. The largest absolute Gasteiger partial charge is 0.314 e. The van der Waals surface area contributed by atoms with Crippen molar-refractivity contribution >= 4 is 11.6 Å². The van der Waals surface area contributed by atoms with Crippen molar-refractivity contribution in [3.05, 3.63) is 71.8 Å². The van der Waals surface area contributed by atoms with Crippen LogP contribution in [0.2, 0.25) is 0 Å². The van der Waals surface area contributed by atoms with Crippen LogP contribution in [-0.2, 0) is 0 Å². The monoisotopic (exact) mass is 325 g/mol. The molecule has 4 heteroatoms. The minimum atomic E-state index is -0.351. The third-order valence-electron chi connectivity index (χ3n) is 3.98. The van der Waals surface area contributed by atoms with E-state index in [0.717, 1.165) is 5.06 Å². The molecule has 2 rings (SSSR count). The zero-order valence-corrected chi connectivity index (χ0v) is 14.1. The van der Waals surface area contributed by atoms with Crippen molar-refractivity contribution in [2.24, 2.45) is 11.8 Å². The van der Waals surface area contributed by atoms with E-state index in [1.54, 1.807) is 38.1 Å². The molecule has 2 aromatic carbocycles. The summed E-state index contributed by atoms with van der Waals surface area (Å²) in [4.78, 5) is 24.6. The molecule has 2 aromatic rings. The molecule has 0 saturated heterocycles. The number of hydrogen-bond acceptors (Lipinski definition) is 4. The average Bonchev–Trinajstić information content (AvgIpc) is 2.61. The van der Waals surface area contributed by atoms with Crippen molar-refractivity contribution in [3.63, 3.8) is 0 Å². The SMILES string of the molecule is CC(CN(O)CC(C)C(=O)c1ccccc1)C(=O)c1ccccc1. The Bertz CT molecular complexity index is 610. The molecule has 0 aliphatic heterocycles. The van der Waals surface area contributed by atoms with Crippen LogP contribution in [0.5, 0.6) is 0 Å². The van der Waals surface area contributed by atoms with Crippen LogP contribution >= 0.6 is 0 Å². The summed E-state index contributed by atoms with van der Waals surface area (Å²) in [5.41, 5.74) is 1.26. The van der Waals surface area contributed by atoms with E-state index in [0.29, 0.717) is 11.1 Å². The Kier molecular flexibility index (Phi) is 6.41. The summed E-state index contributed by atoms with van der Waals surface area (Å²) >= 11 is 0. The first-order valence-electron chi connectivity index (χ1n) is 8.11. The number of carbonyl (C=O) groups is 2. The van der Waals surface area contributed by atoms with Gasteiger partial charge < -0.3 is 5.21 Å². The first kappa shape index (κ1) is 18.0. The van der Waals surface area contributed by atoms with Gasteiger partial charge >= 0.3 is 0 Å². The molecule has 0 aliphatic rings. The number of hydrogen-bond donors (Lipinski definition) is 1. The minimum Gasteiger partial charge on any atom is -0.314 e. The standard InChI is InChI=1S/C20H23NO3/c1-15(19(22)17-9-5-3-6-10-17)13-21(24)14-16(2)20(23)18-11-7-4-8-12-18/h3-12,15-16,24H,13-14H2,1-2H3. The maximum atomic E-state index is 12.3. The fraction of sp³-hybridized carbons (Fsp3) is 0.300. The van der Waals surface area contributed by atoms with Crippen molar-refractivity contribution in [1.82, 2.24) is 5.06 Å². The second kappa shape index (κ2) is 8.52. The van der Waals surface area contributed by atoms with E-state index in [-0.39, 0.29) is 36.5 Å². The number of Topliss-reactive ketones (excluding diaryl/α,β-unsaturated/α-hetero) is 2. The first-order valence-corrected chi connectivity index (χ1v) is 8.11. The maximum Gasteiger partial charge on any atom is 0.167 e. The summed E-state index contributed by atoms with van der Waals surface area (Å²) in [6.45, 7) is 3.95. The lowest BCUT2D eigenvalue weighted by molar-refractivity contribution is -0.103. The summed E-state index contributed by atoms with van der Waals surface area (Å²) in [6.07, 6.45) is 0. The fourth-order valence-electron chi connectivity index (χ4n) is 2.65. The normalized spacial score (nSPS) is 13.5. The van der Waals surface area contributed by atoms with Crippen LogP contribution in [0.3, 0.4) is 0 Å². The van der Waals surface area contributed by atoms with Gasteiger partial charge in [0.05, 0.1) is 0 Å². The highest BCUT2D eigenvalue weighted by atomic mass is 16.5. The number of ketones is 2. The van der Waals surface area contributed by atoms with Crippen molar-refractivity contribution in [1.29, 1.82) is 0 Å². The van der Waals surface area contributed by atoms with E-state index in [9.17, 15) is 14.8 Å². The Morgan fingerprint density at radius 3 is 1.46 bits per heavy atom. The van der Waals surface area contributed by atoms with Gasteiger partial charge in [-0.1, -0.05) is 74.5 Å². The van der Waals surface area contributed by atoms with Gasteiger partial charge in [-0.2, -0.15) is 5.06 Å². The molecule has 0 fully saturated rings. The molecule has 126 valence electrons. The maximum absolute atomic E-state index is 12.3. The van der Waals surface area contributed by atoms with Gasteiger partial charge in [-0.05, 0) is 0 Å². The molecule has 4 nitrogen and oxygen atoms in total. The van der Waals surface area contributed by atoms with Crippen LogP contribution in [0.15, 0.2) is 60.7 Å². The highest BCUT2D eigenvalue weighted by Crippen LogP contribution is 2.13. The Labute approximate surface area is 142 Å². The van der Waals surface area contributed by atoms with Gasteiger partial charge in [0, 0.05) is 36.1 Å². The van der Waals surface area contributed by atoms with Crippen LogP contribution in [0.1, 0.15) is 34.6 Å². The van der Waals surface area contributed by atoms with Gasteiger partial charge in [-0.15, -0.1) is 0 Å². The van der Waals surface area contributed by atoms with Crippen molar-refractivity contribution < 1.29 is 14.8 Å². The summed E-state index contributed by atoms with van der Waals surface area (Å²) in [6, 6.07) is 18.0. The van der Waals surface area contributed by atoms with Gasteiger partial charge in [-0.3, -0.25) is 9.59 Å². The fourth-order valence-corrected chi connectivity index (χ4v) is 2.65. The summed E-state index contributed by atoms with van der Waals surface area (Å²) < 4.78 is 0. The number of rotatable bonds is 8. The van der Waals surface area contributed by atoms with Crippen LogP contribution < -0.4 is 0 Å². The van der Waals surface area contributed by atoms with E-state index in [1.807, 2.05) is 36.4 Å². The highest BCUT2D eigenvalue weighted by Gasteiger charge is 2.22. The van der Waals surface area contributed by atoms with Crippen molar-refractivity contribution in [3.8, 4) is 0 Å². The molecule has 0 amide bonds. The molecule has 1 N–H and O–H groups in total. The zero-order chi connectivity index (χ0) is 17.5. The lowest BCUT2D eigenvalue weighted by atomic mass is 9.97. The van der Waals surface area contributed by atoms with Crippen LogP contribution in [0.4, 0.5) is 0 Å². The molecule has 0 radical (unpaired) electrons. The van der Waals surface area contributed by atoms with E-state index >= 15 is 0 Å². The predicted octanol–water partition coefficient (Wildman–Crippen LogP) is 3.72. The Balaban J connectivity index is 1.89. The Hall–Kier alpha value is -2.30. The summed E-state index contributed by atoms with van der Waals surface area (Å²) in [7, 11) is 0. The second-order valence-electron chi connectivity index (χ2n) is 6.13. The first-order chi connectivity index (χ1) is 11.5. The summed E-state index contributed by atoms with van der Waals surface area (Å²) in [5.74, 6) is -0.735. The van der Waals surface area contributed by atoms with Gasteiger partial charge in [0.15, 0.2) is 11.6 Å². The molecule has 24 heavy (non-hydrogen) atoms. The Morgan fingerprint density at radius 2 is 1.12 bits per heavy atom. The third kappa shape index (κ3) is 4.85. The quantitative estimate of drug-likeness (QED) is 0.594. The van der Waals surface area contributed by atoms with Gasteiger partial charge in [0.25, 0.3) is 0 Å². The number of carbonyl (C=O) groups excluding carboxylic acids is 2. The Morgan fingerprint density at radius 1 is 0.792 bits per heavy atom. The smallest absolute Gasteiger partial charge is 0.167 e. The summed E-state index contributed by atoms with van der Waals surface area (Å²) in [5, 5.41) is 11.2. The molecular formula is C20H23NO3. The van der Waals surface area contributed by atoms with Crippen LogP contribution in [-0.4, -0.2) is 34.9 Å². The molecule has 2 atom stereocenters. The number of hydroxylamine groups is 2. The van der Waals surface area contributed by atoms with Crippen LogP contribution in [0, 0.1) is 11.8 Å². The van der Waals surface area contributed by atoms with E-state index in [4.69, 9.17) is 0 Å². The number of nitrogens with zero attached hydrogens (tertiary/aromatic N) is 1. The molecule has 0 bridgehead atoms. The molecule has 0 aromatic heterocycles. The lowest BCUT2D eigenvalue weighted by Gasteiger charge is -2.21. The zero-order valence-electron chi connectivity index (χ0n) is 14.1. The predicted molar refractivity (Wildman–Crippen MR) is 93.2 cm³/mol. The number of benzene rings is 2.